The minimum absolute atomic E-state index is 0.0219. The fraction of sp³-hybridized carbons (Fsp3) is 0.467. The second-order valence-electron chi connectivity index (χ2n) is 5.75. The van der Waals surface area contributed by atoms with Crippen molar-refractivity contribution in [1.29, 1.82) is 0 Å². The van der Waals surface area contributed by atoms with E-state index < -0.39 is 0 Å². The second kappa shape index (κ2) is 5.19. The highest BCUT2D eigenvalue weighted by Gasteiger charge is 2.33. The van der Waals surface area contributed by atoms with E-state index in [1.165, 1.54) is 0 Å². The van der Waals surface area contributed by atoms with Crippen molar-refractivity contribution in [1.82, 2.24) is 9.97 Å². The molecule has 0 amide bonds. The van der Waals surface area contributed by atoms with Crippen LogP contribution in [0.3, 0.4) is 0 Å². The smallest absolute Gasteiger partial charge is 0.148 e. The summed E-state index contributed by atoms with van der Waals surface area (Å²) in [6, 6.07) is 7.90. The van der Waals surface area contributed by atoms with E-state index in [0.717, 1.165) is 29.9 Å². The Morgan fingerprint density at radius 2 is 2.10 bits per heavy atom. The molecular weight excluding hydrogens is 274 g/mol. The molecule has 5 heteroatoms. The van der Waals surface area contributed by atoms with E-state index in [4.69, 9.17) is 21.3 Å². The Morgan fingerprint density at radius 3 is 2.85 bits per heavy atom. The Labute approximate surface area is 123 Å². The fourth-order valence-electron chi connectivity index (χ4n) is 2.65. The Hall–Kier alpha value is -1.39. The van der Waals surface area contributed by atoms with Crippen molar-refractivity contribution in [2.75, 3.05) is 23.9 Å². The number of para-hydroxylation sites is 2. The Morgan fingerprint density at radius 1 is 1.35 bits per heavy atom. The summed E-state index contributed by atoms with van der Waals surface area (Å²) in [6.45, 7) is 5.69. The van der Waals surface area contributed by atoms with Crippen LogP contribution in [-0.4, -0.2) is 40.6 Å². The van der Waals surface area contributed by atoms with E-state index >= 15 is 0 Å². The predicted octanol–water partition coefficient (Wildman–Crippen LogP) is 2.85. The molecule has 0 N–H and O–H groups in total. The molecule has 0 spiro atoms. The van der Waals surface area contributed by atoms with Crippen LogP contribution in [0.5, 0.6) is 0 Å². The number of hydrogen-bond acceptors (Lipinski definition) is 4. The molecule has 1 unspecified atom stereocenters. The zero-order valence-corrected chi connectivity index (χ0v) is 12.5. The summed E-state index contributed by atoms with van der Waals surface area (Å²) in [7, 11) is 0. The Kier molecular flexibility index (Phi) is 3.52. The number of morpholine rings is 1. The zero-order valence-electron chi connectivity index (χ0n) is 11.7. The molecule has 3 rings (SSSR count). The molecule has 0 radical (unpaired) electrons. The van der Waals surface area contributed by atoms with E-state index in [-0.39, 0.29) is 11.7 Å². The van der Waals surface area contributed by atoms with Crippen molar-refractivity contribution in [3.8, 4) is 0 Å². The van der Waals surface area contributed by atoms with Crippen molar-refractivity contribution in [2.24, 2.45) is 0 Å². The van der Waals surface area contributed by atoms with Crippen molar-refractivity contribution in [3.63, 3.8) is 0 Å². The van der Waals surface area contributed by atoms with Crippen molar-refractivity contribution in [3.05, 3.63) is 30.5 Å². The predicted molar refractivity (Wildman–Crippen MR) is 81.4 cm³/mol. The topological polar surface area (TPSA) is 38.2 Å². The van der Waals surface area contributed by atoms with E-state index in [0.29, 0.717) is 5.88 Å². The van der Waals surface area contributed by atoms with Crippen molar-refractivity contribution >= 4 is 28.5 Å². The van der Waals surface area contributed by atoms with Gasteiger partial charge in [0.1, 0.15) is 5.82 Å². The van der Waals surface area contributed by atoms with Crippen LogP contribution < -0.4 is 4.90 Å². The second-order valence-corrected chi connectivity index (χ2v) is 6.06. The molecule has 20 heavy (non-hydrogen) atoms. The first-order valence-electron chi connectivity index (χ1n) is 6.78. The maximum Gasteiger partial charge on any atom is 0.148 e. The highest BCUT2D eigenvalue weighted by molar-refractivity contribution is 6.18. The molecule has 4 nitrogen and oxygen atoms in total. The molecule has 1 atom stereocenters. The summed E-state index contributed by atoms with van der Waals surface area (Å²) in [5.41, 5.74) is 1.60. The van der Waals surface area contributed by atoms with Crippen molar-refractivity contribution < 1.29 is 4.74 Å². The van der Waals surface area contributed by atoms with Crippen LogP contribution in [0.2, 0.25) is 0 Å². The molecule has 1 aromatic carbocycles. The van der Waals surface area contributed by atoms with E-state index in [9.17, 15) is 0 Å². The number of ether oxygens (including phenoxy) is 1. The van der Waals surface area contributed by atoms with Gasteiger partial charge in [-0.15, -0.1) is 11.6 Å². The van der Waals surface area contributed by atoms with Crippen LogP contribution in [0.1, 0.15) is 13.8 Å². The number of aromatic nitrogens is 2. The first-order valence-corrected chi connectivity index (χ1v) is 7.31. The summed E-state index contributed by atoms with van der Waals surface area (Å²) in [5, 5.41) is 0. The first kappa shape index (κ1) is 13.6. The number of anilines is 1. The summed E-state index contributed by atoms with van der Waals surface area (Å²) in [4.78, 5) is 11.4. The standard InChI is InChI=1S/C15H18ClN3O/c1-15(2)10-19(9-11(7-16)20-15)14-8-17-12-5-3-4-6-13(12)18-14/h3-6,8,11H,7,9-10H2,1-2H3. The summed E-state index contributed by atoms with van der Waals surface area (Å²) in [6.07, 6.45) is 1.85. The molecule has 0 aliphatic carbocycles. The number of hydrogen-bond donors (Lipinski definition) is 0. The van der Waals surface area contributed by atoms with Crippen LogP contribution in [0.25, 0.3) is 11.0 Å². The van der Waals surface area contributed by atoms with Crippen LogP contribution in [-0.2, 0) is 4.74 Å². The Balaban J connectivity index is 1.93. The van der Waals surface area contributed by atoms with Gasteiger partial charge in [0.15, 0.2) is 0 Å². The average Bonchev–Trinajstić information content (AvgIpc) is 2.45. The van der Waals surface area contributed by atoms with Crippen LogP contribution in [0.15, 0.2) is 30.5 Å². The maximum absolute atomic E-state index is 5.97. The molecule has 1 aliphatic heterocycles. The summed E-state index contributed by atoms with van der Waals surface area (Å²) in [5.74, 6) is 1.37. The van der Waals surface area contributed by atoms with Gasteiger partial charge in [0.25, 0.3) is 0 Å². The number of halogens is 1. The van der Waals surface area contributed by atoms with Gasteiger partial charge >= 0.3 is 0 Å². The third-order valence-corrected chi connectivity index (χ3v) is 3.76. The highest BCUT2D eigenvalue weighted by Crippen LogP contribution is 2.26. The van der Waals surface area contributed by atoms with Gasteiger partial charge in [0.2, 0.25) is 0 Å². The molecule has 2 heterocycles. The molecule has 0 bridgehead atoms. The van der Waals surface area contributed by atoms with Crippen LogP contribution >= 0.6 is 11.6 Å². The lowest BCUT2D eigenvalue weighted by molar-refractivity contribution is -0.0736. The molecule has 0 saturated carbocycles. The largest absolute Gasteiger partial charge is 0.367 e. The van der Waals surface area contributed by atoms with Crippen LogP contribution in [0.4, 0.5) is 5.82 Å². The molecular formula is C15H18ClN3O. The third kappa shape index (κ3) is 2.72. The number of benzene rings is 1. The van der Waals surface area contributed by atoms with E-state index in [1.807, 2.05) is 30.5 Å². The molecule has 2 aromatic rings. The number of fused-ring (bicyclic) bond motifs is 1. The average molecular weight is 292 g/mol. The fourth-order valence-corrected chi connectivity index (χ4v) is 2.81. The number of rotatable bonds is 2. The summed E-state index contributed by atoms with van der Waals surface area (Å²) < 4.78 is 5.94. The van der Waals surface area contributed by atoms with Gasteiger partial charge in [-0.05, 0) is 26.0 Å². The normalized spacial score (nSPS) is 22.1. The zero-order chi connectivity index (χ0) is 14.2. The minimum atomic E-state index is -0.231. The van der Waals surface area contributed by atoms with Gasteiger partial charge < -0.3 is 9.64 Å². The Bertz CT molecular complexity index is 617. The molecule has 1 aliphatic rings. The van der Waals surface area contributed by atoms with E-state index in [1.54, 1.807) is 0 Å². The quantitative estimate of drug-likeness (QED) is 0.798. The van der Waals surface area contributed by atoms with Gasteiger partial charge in [0, 0.05) is 13.1 Å². The summed E-state index contributed by atoms with van der Waals surface area (Å²) >= 11 is 5.97. The van der Waals surface area contributed by atoms with Crippen LogP contribution in [0, 0.1) is 0 Å². The molecule has 1 saturated heterocycles. The molecule has 1 aromatic heterocycles. The lowest BCUT2D eigenvalue weighted by Crippen LogP contribution is -2.53. The van der Waals surface area contributed by atoms with Crippen molar-refractivity contribution in [2.45, 2.75) is 25.6 Å². The SMILES string of the molecule is CC1(C)CN(c2cnc3ccccc3n2)CC(CCl)O1. The van der Waals surface area contributed by atoms with Gasteiger partial charge in [-0.1, -0.05) is 12.1 Å². The highest BCUT2D eigenvalue weighted by atomic mass is 35.5. The van der Waals surface area contributed by atoms with Gasteiger partial charge in [-0.2, -0.15) is 0 Å². The molecule has 106 valence electrons. The number of alkyl halides is 1. The third-order valence-electron chi connectivity index (χ3n) is 3.41. The van der Waals surface area contributed by atoms with Gasteiger partial charge in [-0.3, -0.25) is 4.98 Å². The maximum atomic E-state index is 5.97. The van der Waals surface area contributed by atoms with Gasteiger partial charge in [0.05, 0.1) is 34.8 Å². The monoisotopic (exact) mass is 291 g/mol. The first-order chi connectivity index (χ1) is 9.57. The molecule has 1 fully saturated rings. The minimum Gasteiger partial charge on any atom is -0.367 e. The lowest BCUT2D eigenvalue weighted by atomic mass is 10.1. The van der Waals surface area contributed by atoms with E-state index in [2.05, 4.69) is 23.7 Å². The van der Waals surface area contributed by atoms with Gasteiger partial charge in [-0.25, -0.2) is 4.98 Å². The lowest BCUT2D eigenvalue weighted by Gasteiger charge is -2.42. The number of nitrogens with zero attached hydrogens (tertiary/aromatic N) is 3.